The van der Waals surface area contributed by atoms with E-state index in [1.807, 2.05) is 49.8 Å². The summed E-state index contributed by atoms with van der Waals surface area (Å²) in [6.07, 6.45) is 5.76. The summed E-state index contributed by atoms with van der Waals surface area (Å²) < 4.78 is 6.36. The Bertz CT molecular complexity index is 570. The Morgan fingerprint density at radius 2 is 1.75 bits per heavy atom. The Kier molecular flexibility index (Phi) is 4.83. The van der Waals surface area contributed by atoms with E-state index in [1.54, 1.807) is 35.5 Å². The Morgan fingerprint density at radius 3 is 2.25 bits per heavy atom. The summed E-state index contributed by atoms with van der Waals surface area (Å²) in [7, 11) is 1.58. The Labute approximate surface area is 128 Å². The number of anilines is 1. The van der Waals surface area contributed by atoms with Crippen LogP contribution in [0.25, 0.3) is 0 Å². The number of methoxy groups -OCH3 is 1. The summed E-state index contributed by atoms with van der Waals surface area (Å²) in [5.41, 5.74) is 2.68. The molecule has 0 unspecified atom stereocenters. The van der Waals surface area contributed by atoms with Gasteiger partial charge in [0.25, 0.3) is 5.91 Å². The van der Waals surface area contributed by atoms with Crippen molar-refractivity contribution in [3.63, 3.8) is 0 Å². The molecule has 1 aromatic rings. The molecule has 0 saturated carbocycles. The zero-order chi connectivity index (χ0) is 14.7. The number of aryl methyl sites for hydroxylation is 1. The minimum Gasteiger partial charge on any atom is -0.482 e. The maximum absolute atomic E-state index is 12.6. The van der Waals surface area contributed by atoms with Crippen molar-refractivity contribution >= 4 is 35.1 Å². The van der Waals surface area contributed by atoms with E-state index in [0.29, 0.717) is 11.5 Å². The van der Waals surface area contributed by atoms with Crippen molar-refractivity contribution < 1.29 is 9.53 Å². The molecule has 3 nitrogen and oxygen atoms in total. The highest BCUT2D eigenvalue weighted by molar-refractivity contribution is 8.21. The molecule has 5 heteroatoms. The molecule has 1 aliphatic rings. The third kappa shape index (κ3) is 2.74. The van der Waals surface area contributed by atoms with Gasteiger partial charge in [0, 0.05) is 6.08 Å². The first-order chi connectivity index (χ1) is 9.62. The molecular formula is C15H17NO2S2. The molecule has 20 heavy (non-hydrogen) atoms. The fraction of sp³-hybridized carbons (Fsp3) is 0.267. The van der Waals surface area contributed by atoms with Crippen LogP contribution in [0.15, 0.2) is 46.0 Å². The molecule has 1 amide bonds. The molecule has 0 N–H and O–H groups in total. The van der Waals surface area contributed by atoms with Crippen LogP contribution in [0.3, 0.4) is 0 Å². The molecule has 0 spiro atoms. The fourth-order valence-corrected chi connectivity index (χ4v) is 3.41. The Hall–Kier alpha value is -1.33. The molecule has 0 bridgehead atoms. The smallest absolute Gasteiger partial charge is 0.267 e. The van der Waals surface area contributed by atoms with Gasteiger partial charge in [-0.3, -0.25) is 4.79 Å². The van der Waals surface area contributed by atoms with Gasteiger partial charge in [-0.05, 0) is 31.6 Å². The fourth-order valence-electron chi connectivity index (χ4n) is 2.01. The van der Waals surface area contributed by atoms with E-state index in [2.05, 4.69) is 0 Å². The number of amides is 1. The molecular weight excluding hydrogens is 290 g/mol. The van der Waals surface area contributed by atoms with Crippen molar-refractivity contribution in [3.05, 3.63) is 51.6 Å². The van der Waals surface area contributed by atoms with E-state index in [1.165, 1.54) is 0 Å². The minimum atomic E-state index is -0.0376. The predicted octanol–water partition coefficient (Wildman–Crippen LogP) is 3.77. The third-order valence-corrected chi connectivity index (χ3v) is 5.20. The van der Waals surface area contributed by atoms with Crippen LogP contribution >= 0.6 is 23.5 Å². The van der Waals surface area contributed by atoms with Crippen molar-refractivity contribution in [2.45, 2.75) is 6.92 Å². The van der Waals surface area contributed by atoms with E-state index >= 15 is 0 Å². The molecule has 1 heterocycles. The standard InChI is InChI=1S/C15H17NO2S2/c1-10-5-7-11(8-6-10)16-13(18-2)9-12(14(16)17)15(19-3)20-4/h5-9H,1-4H3. The van der Waals surface area contributed by atoms with Gasteiger partial charge in [-0.2, -0.15) is 0 Å². The number of carbonyl (C=O) groups excluding carboxylic acids is 1. The Balaban J connectivity index is 2.45. The normalized spacial score (nSPS) is 14.6. The summed E-state index contributed by atoms with van der Waals surface area (Å²) in [5.74, 6) is 0.527. The lowest BCUT2D eigenvalue weighted by Crippen LogP contribution is -2.26. The quantitative estimate of drug-likeness (QED) is 0.792. The zero-order valence-corrected chi connectivity index (χ0v) is 13.6. The zero-order valence-electron chi connectivity index (χ0n) is 12.0. The van der Waals surface area contributed by atoms with Crippen LogP contribution in [-0.4, -0.2) is 25.5 Å². The summed E-state index contributed by atoms with van der Waals surface area (Å²) in [6, 6.07) is 7.84. The maximum Gasteiger partial charge on any atom is 0.267 e. The lowest BCUT2D eigenvalue weighted by molar-refractivity contribution is -0.114. The van der Waals surface area contributed by atoms with Gasteiger partial charge in [0.2, 0.25) is 5.88 Å². The molecule has 2 rings (SSSR count). The van der Waals surface area contributed by atoms with E-state index in [4.69, 9.17) is 4.74 Å². The van der Waals surface area contributed by atoms with Gasteiger partial charge in [0.1, 0.15) is 0 Å². The summed E-state index contributed by atoms with van der Waals surface area (Å²) >= 11 is 3.16. The first kappa shape index (κ1) is 15.1. The largest absolute Gasteiger partial charge is 0.482 e. The van der Waals surface area contributed by atoms with Gasteiger partial charge in [0.15, 0.2) is 0 Å². The lowest BCUT2D eigenvalue weighted by atomic mass is 10.2. The van der Waals surface area contributed by atoms with Crippen LogP contribution in [0.5, 0.6) is 0 Å². The molecule has 0 saturated heterocycles. The van der Waals surface area contributed by atoms with E-state index in [9.17, 15) is 4.79 Å². The Morgan fingerprint density at radius 1 is 1.15 bits per heavy atom. The summed E-state index contributed by atoms with van der Waals surface area (Å²) in [4.78, 5) is 14.2. The van der Waals surface area contributed by atoms with Crippen molar-refractivity contribution in [1.82, 2.24) is 0 Å². The van der Waals surface area contributed by atoms with Gasteiger partial charge in [-0.1, -0.05) is 17.7 Å². The molecule has 0 aromatic heterocycles. The predicted molar refractivity (Wildman–Crippen MR) is 87.8 cm³/mol. The number of hydrogen-bond donors (Lipinski definition) is 0. The molecule has 106 valence electrons. The molecule has 0 aliphatic carbocycles. The number of ether oxygens (including phenoxy) is 1. The van der Waals surface area contributed by atoms with Crippen molar-refractivity contribution in [2.24, 2.45) is 0 Å². The highest BCUT2D eigenvalue weighted by Gasteiger charge is 2.32. The first-order valence-corrected chi connectivity index (χ1v) is 8.56. The highest BCUT2D eigenvalue weighted by atomic mass is 32.2. The van der Waals surface area contributed by atoms with Crippen LogP contribution in [0.2, 0.25) is 0 Å². The number of benzene rings is 1. The minimum absolute atomic E-state index is 0.0376. The van der Waals surface area contributed by atoms with Crippen LogP contribution in [0.1, 0.15) is 5.56 Å². The van der Waals surface area contributed by atoms with E-state index in [-0.39, 0.29) is 5.91 Å². The third-order valence-electron chi connectivity index (χ3n) is 3.01. The number of thioether (sulfide) groups is 2. The SMILES string of the molecule is COC1=CC(=C(SC)SC)C(=O)N1c1ccc(C)cc1. The topological polar surface area (TPSA) is 29.5 Å². The lowest BCUT2D eigenvalue weighted by Gasteiger charge is -2.19. The van der Waals surface area contributed by atoms with Crippen LogP contribution < -0.4 is 4.90 Å². The molecule has 0 atom stereocenters. The van der Waals surface area contributed by atoms with Crippen LogP contribution in [0, 0.1) is 6.92 Å². The average Bonchev–Trinajstić information content (AvgIpc) is 2.79. The van der Waals surface area contributed by atoms with Crippen LogP contribution in [0.4, 0.5) is 5.69 Å². The number of nitrogens with zero attached hydrogens (tertiary/aromatic N) is 1. The van der Waals surface area contributed by atoms with Gasteiger partial charge in [-0.25, -0.2) is 4.90 Å². The van der Waals surface area contributed by atoms with Gasteiger partial charge in [-0.15, -0.1) is 23.5 Å². The monoisotopic (exact) mass is 307 g/mol. The second-order valence-corrected chi connectivity index (χ2v) is 6.16. The molecule has 0 radical (unpaired) electrons. The number of hydrogen-bond acceptors (Lipinski definition) is 4. The van der Waals surface area contributed by atoms with Crippen molar-refractivity contribution in [2.75, 3.05) is 24.5 Å². The van der Waals surface area contributed by atoms with Crippen LogP contribution in [-0.2, 0) is 9.53 Å². The second-order valence-electron chi connectivity index (χ2n) is 4.27. The van der Waals surface area contributed by atoms with Gasteiger partial charge >= 0.3 is 0 Å². The summed E-state index contributed by atoms with van der Waals surface area (Å²) in [6.45, 7) is 2.02. The first-order valence-electron chi connectivity index (χ1n) is 6.11. The van der Waals surface area contributed by atoms with Crippen molar-refractivity contribution in [1.29, 1.82) is 0 Å². The molecule has 0 fully saturated rings. The molecule has 1 aliphatic heterocycles. The number of rotatable bonds is 4. The second kappa shape index (κ2) is 6.41. The molecule has 1 aromatic carbocycles. The van der Waals surface area contributed by atoms with Gasteiger partial charge in [0.05, 0.1) is 22.6 Å². The summed E-state index contributed by atoms with van der Waals surface area (Å²) in [5, 5.41) is 0. The average molecular weight is 307 g/mol. The van der Waals surface area contributed by atoms with Crippen molar-refractivity contribution in [3.8, 4) is 0 Å². The maximum atomic E-state index is 12.6. The highest BCUT2D eigenvalue weighted by Crippen LogP contribution is 2.36. The number of carbonyl (C=O) groups is 1. The van der Waals surface area contributed by atoms with E-state index in [0.717, 1.165) is 15.5 Å². The van der Waals surface area contributed by atoms with E-state index < -0.39 is 0 Å². The van der Waals surface area contributed by atoms with Gasteiger partial charge < -0.3 is 4.74 Å².